The van der Waals surface area contributed by atoms with Crippen molar-refractivity contribution in [3.05, 3.63) is 63.1 Å². The van der Waals surface area contributed by atoms with Gasteiger partial charge in [-0.2, -0.15) is 0 Å². The third-order valence-corrected chi connectivity index (χ3v) is 7.89. The molecule has 39 heavy (non-hydrogen) atoms. The first-order chi connectivity index (χ1) is 18.6. The van der Waals surface area contributed by atoms with Gasteiger partial charge in [0.25, 0.3) is 5.91 Å². The minimum absolute atomic E-state index is 0.0504. The fourth-order valence-electron chi connectivity index (χ4n) is 4.77. The Labute approximate surface area is 239 Å². The maximum atomic E-state index is 14.9. The first-order valence-corrected chi connectivity index (χ1v) is 13.8. The predicted molar refractivity (Wildman–Crippen MR) is 155 cm³/mol. The predicted octanol–water partition coefficient (Wildman–Crippen LogP) is 4.16. The van der Waals surface area contributed by atoms with Gasteiger partial charge in [-0.05, 0) is 85.7 Å². The summed E-state index contributed by atoms with van der Waals surface area (Å²) in [6.07, 6.45) is 0.957. The number of benzene rings is 2. The number of anilines is 3. The third kappa shape index (κ3) is 5.17. The molecule has 9 nitrogen and oxygen atoms in total. The number of imide groups is 1. The highest BCUT2D eigenvalue weighted by molar-refractivity contribution is 14.1. The van der Waals surface area contributed by atoms with Crippen LogP contribution in [0.4, 0.5) is 26.2 Å². The molecule has 1 unspecified atom stereocenters. The summed E-state index contributed by atoms with van der Waals surface area (Å²) in [6, 6.07) is 11.1. The molecule has 2 aliphatic heterocycles. The summed E-state index contributed by atoms with van der Waals surface area (Å²) < 4.78 is 15.6. The lowest BCUT2D eigenvalue weighted by Gasteiger charge is -2.40. The Kier molecular flexibility index (Phi) is 7.47. The lowest BCUT2D eigenvalue weighted by Crippen LogP contribution is -2.58. The number of carbonyl (C=O) groups is 3. The van der Waals surface area contributed by atoms with Crippen molar-refractivity contribution in [3.63, 3.8) is 0 Å². The summed E-state index contributed by atoms with van der Waals surface area (Å²) in [5.41, 5.74) is 1.64. The molecule has 204 valence electrons. The highest BCUT2D eigenvalue weighted by atomic mass is 127. The topological polar surface area (TPSA) is 106 Å². The van der Waals surface area contributed by atoms with E-state index in [1.54, 1.807) is 31.2 Å². The number of nitrogens with one attached hydrogen (secondary N) is 1. The van der Waals surface area contributed by atoms with Gasteiger partial charge in [0, 0.05) is 41.1 Å². The van der Waals surface area contributed by atoms with Gasteiger partial charge in [-0.25, -0.2) is 14.1 Å². The maximum absolute atomic E-state index is 14.9. The summed E-state index contributed by atoms with van der Waals surface area (Å²) in [5.74, 6) is -2.08. The van der Waals surface area contributed by atoms with Crippen LogP contribution in [-0.2, 0) is 9.59 Å². The molecule has 1 aliphatic carbocycles. The first kappa shape index (κ1) is 27.3. The molecule has 1 atom stereocenters. The number of rotatable bonds is 7. The van der Waals surface area contributed by atoms with E-state index in [1.807, 2.05) is 39.6 Å². The average Bonchev–Trinajstić information content (AvgIpc) is 3.71. The van der Waals surface area contributed by atoms with E-state index >= 15 is 0 Å². The number of aliphatic hydroxyl groups excluding tert-OH is 1. The first-order valence-electron chi connectivity index (χ1n) is 12.7. The number of nitrogens with zero attached hydrogens (tertiary/aromatic N) is 4. The van der Waals surface area contributed by atoms with Crippen LogP contribution in [-0.4, -0.2) is 65.8 Å². The molecule has 5 rings (SSSR count). The summed E-state index contributed by atoms with van der Waals surface area (Å²) >= 11 is 2.00. The largest absolute Gasteiger partial charge is 0.389 e. The van der Waals surface area contributed by atoms with Gasteiger partial charge in [-0.1, -0.05) is 6.07 Å². The van der Waals surface area contributed by atoms with E-state index in [9.17, 15) is 23.9 Å². The summed E-state index contributed by atoms with van der Waals surface area (Å²) in [5, 5.41) is 12.8. The number of amidine groups is 1. The monoisotopic (exact) mass is 645 g/mol. The van der Waals surface area contributed by atoms with Gasteiger partial charge in [-0.3, -0.25) is 19.5 Å². The fraction of sp³-hybridized carbons (Fsp3) is 0.357. The zero-order valence-electron chi connectivity index (χ0n) is 21.8. The lowest BCUT2D eigenvalue weighted by molar-refractivity contribution is -0.124. The molecule has 0 radical (unpaired) electrons. The molecule has 2 aromatic rings. The van der Waals surface area contributed by atoms with Crippen molar-refractivity contribution in [2.45, 2.75) is 38.8 Å². The van der Waals surface area contributed by atoms with Crippen LogP contribution in [0.1, 0.15) is 26.7 Å². The number of aliphatic hydroxyl groups is 1. The number of carbonyl (C=O) groups excluding carboxylic acids is 3. The van der Waals surface area contributed by atoms with Crippen molar-refractivity contribution < 1.29 is 23.9 Å². The molecule has 0 bridgehead atoms. The molecule has 0 aromatic heterocycles. The highest BCUT2D eigenvalue weighted by Crippen LogP contribution is 2.38. The second-order valence-corrected chi connectivity index (χ2v) is 11.3. The van der Waals surface area contributed by atoms with Gasteiger partial charge >= 0.3 is 6.03 Å². The van der Waals surface area contributed by atoms with Crippen LogP contribution < -0.4 is 15.1 Å². The quantitative estimate of drug-likeness (QED) is 0.346. The minimum Gasteiger partial charge on any atom is -0.389 e. The van der Waals surface area contributed by atoms with Gasteiger partial charge in [0.2, 0.25) is 0 Å². The van der Waals surface area contributed by atoms with E-state index in [-0.39, 0.29) is 34.6 Å². The van der Waals surface area contributed by atoms with E-state index in [0.717, 1.165) is 5.69 Å². The Morgan fingerprint density at radius 2 is 1.85 bits per heavy atom. The molecule has 3 fully saturated rings. The van der Waals surface area contributed by atoms with Crippen LogP contribution in [0, 0.1) is 15.3 Å². The van der Waals surface area contributed by atoms with Crippen LogP contribution in [0.25, 0.3) is 0 Å². The molecule has 2 saturated heterocycles. The number of ketones is 1. The van der Waals surface area contributed by atoms with Crippen LogP contribution in [0.2, 0.25) is 0 Å². The molecular weight excluding hydrogens is 616 g/mol. The number of hydrogen-bond acceptors (Lipinski definition) is 7. The number of urea groups is 1. The van der Waals surface area contributed by atoms with Crippen LogP contribution in [0.3, 0.4) is 0 Å². The van der Waals surface area contributed by atoms with Crippen LogP contribution in [0.5, 0.6) is 0 Å². The minimum atomic E-state index is -0.815. The molecule has 1 saturated carbocycles. The average molecular weight is 645 g/mol. The van der Waals surface area contributed by atoms with E-state index in [2.05, 4.69) is 10.3 Å². The summed E-state index contributed by atoms with van der Waals surface area (Å²) in [4.78, 5) is 49.5. The smallest absolute Gasteiger partial charge is 0.337 e. The molecule has 3 amide bonds. The molecule has 0 spiro atoms. The Hall–Kier alpha value is -3.32. The third-order valence-electron chi connectivity index (χ3n) is 7.22. The Balaban J connectivity index is 1.67. The van der Waals surface area contributed by atoms with Crippen molar-refractivity contribution in [3.8, 4) is 0 Å². The Morgan fingerprint density at radius 3 is 2.44 bits per heavy atom. The molecule has 11 heteroatoms. The van der Waals surface area contributed by atoms with Crippen LogP contribution >= 0.6 is 22.6 Å². The summed E-state index contributed by atoms with van der Waals surface area (Å²) in [7, 11) is 1.48. The van der Waals surface area contributed by atoms with E-state index in [4.69, 9.17) is 0 Å². The number of aliphatic imine (C=N–C) groups is 1. The number of Topliss-reactive ketones (excluding diaryl/α,β-unsaturated/α-hetero) is 1. The second kappa shape index (κ2) is 10.7. The van der Waals surface area contributed by atoms with Gasteiger partial charge in [0.05, 0.1) is 23.4 Å². The lowest BCUT2D eigenvalue weighted by atomic mass is 9.94. The van der Waals surface area contributed by atoms with Crippen molar-refractivity contribution in [1.29, 1.82) is 0 Å². The number of β-amino-alcohol motifs (C(OH)–C–C–N with tert-alkyl or cyclic N) is 1. The maximum Gasteiger partial charge on any atom is 0.337 e. The Morgan fingerprint density at radius 1 is 1.15 bits per heavy atom. The zero-order valence-corrected chi connectivity index (χ0v) is 24.0. The van der Waals surface area contributed by atoms with Crippen molar-refractivity contribution in [2.75, 3.05) is 35.3 Å². The highest BCUT2D eigenvalue weighted by Gasteiger charge is 2.49. The number of halogens is 2. The number of allylic oxidation sites excluding steroid dienone is 1. The van der Waals surface area contributed by atoms with Crippen molar-refractivity contribution in [2.24, 2.45) is 10.9 Å². The standard InChI is InChI=1S/C28H29FIN5O4/c1-15(16(2)36)25(32-23-10-7-17(30)11-22(23)29)24-26(31-3)34(28(39)35(27(24)38)18-8-9-18)20-6-4-5-19(12-20)33-13-21(37)14-33/h4-7,10-12,15,18,21,32,37H,8-9,13-14H2,1-3H3/b25-24-,31-26-. The summed E-state index contributed by atoms with van der Waals surface area (Å²) in [6.45, 7) is 4.01. The van der Waals surface area contributed by atoms with E-state index in [0.29, 0.717) is 35.2 Å². The zero-order chi connectivity index (χ0) is 28.0. The molecule has 2 N–H and O–H groups in total. The number of hydrogen-bond donors (Lipinski definition) is 2. The molecular formula is C28H29FIN5O4. The van der Waals surface area contributed by atoms with Gasteiger partial charge in [0.1, 0.15) is 17.2 Å². The fourth-order valence-corrected chi connectivity index (χ4v) is 5.22. The van der Waals surface area contributed by atoms with Crippen LogP contribution in [0.15, 0.2) is 58.7 Å². The molecule has 3 aliphatic rings. The van der Waals surface area contributed by atoms with Crippen molar-refractivity contribution >= 4 is 63.2 Å². The molecule has 2 aromatic carbocycles. The SMILES string of the molecule is C/N=C1/C(=C(/Nc2ccc(I)cc2F)C(C)C(C)=O)C(=O)N(C2CC2)C(=O)N1c1cccc(N2CC(O)C2)c1. The van der Waals surface area contributed by atoms with E-state index in [1.165, 1.54) is 29.8 Å². The normalized spacial score (nSPS) is 21.3. The Bertz CT molecular complexity index is 1420. The molecule has 2 heterocycles. The van der Waals surface area contributed by atoms with Crippen molar-refractivity contribution in [1.82, 2.24) is 4.90 Å². The second-order valence-electron chi connectivity index (χ2n) is 10.0. The van der Waals surface area contributed by atoms with Gasteiger partial charge < -0.3 is 15.3 Å². The number of amides is 3. The van der Waals surface area contributed by atoms with E-state index < -0.39 is 29.8 Å². The van der Waals surface area contributed by atoms with Gasteiger partial charge in [-0.15, -0.1) is 0 Å². The van der Waals surface area contributed by atoms with Gasteiger partial charge in [0.15, 0.2) is 5.84 Å².